The largest absolute Gasteiger partial charge is 0.492 e. The van der Waals surface area contributed by atoms with Crippen molar-refractivity contribution >= 4 is 11.6 Å². The standard InChI is InChI=1S/C17H26ClNO2/c1-3-4-5-6-7-11-21-17-9-8-15(13-16(17)18)14-19-10-12-20-2/h3,8-9,13,19H,1,4-7,10-12,14H2,2H3. The van der Waals surface area contributed by atoms with E-state index in [1.54, 1.807) is 7.11 Å². The van der Waals surface area contributed by atoms with Crippen LogP contribution in [0.3, 0.4) is 0 Å². The molecule has 0 heterocycles. The van der Waals surface area contributed by atoms with E-state index in [4.69, 9.17) is 21.1 Å². The zero-order valence-corrected chi connectivity index (χ0v) is 13.6. The molecule has 0 aromatic heterocycles. The summed E-state index contributed by atoms with van der Waals surface area (Å²) in [6.07, 6.45) is 6.41. The number of allylic oxidation sites excluding steroid dienone is 1. The van der Waals surface area contributed by atoms with Crippen molar-refractivity contribution in [3.05, 3.63) is 41.4 Å². The van der Waals surface area contributed by atoms with Gasteiger partial charge in [-0.2, -0.15) is 0 Å². The van der Waals surface area contributed by atoms with Gasteiger partial charge in [0, 0.05) is 20.2 Å². The van der Waals surface area contributed by atoms with Gasteiger partial charge in [0.1, 0.15) is 5.75 Å². The quantitative estimate of drug-likeness (QED) is 0.463. The van der Waals surface area contributed by atoms with Crippen molar-refractivity contribution in [1.29, 1.82) is 0 Å². The van der Waals surface area contributed by atoms with Gasteiger partial charge in [0.25, 0.3) is 0 Å². The van der Waals surface area contributed by atoms with Crippen molar-refractivity contribution in [3.63, 3.8) is 0 Å². The molecule has 0 fully saturated rings. The number of benzene rings is 1. The minimum atomic E-state index is 0.673. The molecule has 1 N–H and O–H groups in total. The maximum absolute atomic E-state index is 6.24. The summed E-state index contributed by atoms with van der Waals surface area (Å²) in [6, 6.07) is 5.94. The molecule has 0 aliphatic rings. The van der Waals surface area contributed by atoms with Crippen molar-refractivity contribution in [2.45, 2.75) is 32.2 Å². The SMILES string of the molecule is C=CCCCCCOc1ccc(CNCCOC)cc1Cl. The summed E-state index contributed by atoms with van der Waals surface area (Å²) in [7, 11) is 1.70. The van der Waals surface area contributed by atoms with Crippen molar-refractivity contribution in [2.75, 3.05) is 26.9 Å². The Kier molecular flexibility index (Phi) is 9.96. The Hall–Kier alpha value is -1.03. The monoisotopic (exact) mass is 311 g/mol. The molecule has 3 nitrogen and oxygen atoms in total. The maximum Gasteiger partial charge on any atom is 0.137 e. The van der Waals surface area contributed by atoms with Crippen LogP contribution >= 0.6 is 11.6 Å². The molecule has 0 atom stereocenters. The molecule has 0 spiro atoms. The molecule has 21 heavy (non-hydrogen) atoms. The topological polar surface area (TPSA) is 30.5 Å². The molecule has 0 saturated carbocycles. The van der Waals surface area contributed by atoms with Gasteiger partial charge in [-0.1, -0.05) is 23.7 Å². The Bertz CT molecular complexity index is 410. The lowest BCUT2D eigenvalue weighted by Gasteiger charge is -2.10. The Morgan fingerprint density at radius 2 is 2.10 bits per heavy atom. The molecule has 1 rings (SSSR count). The zero-order valence-electron chi connectivity index (χ0n) is 12.9. The lowest BCUT2D eigenvalue weighted by molar-refractivity contribution is 0.199. The normalized spacial score (nSPS) is 10.6. The summed E-state index contributed by atoms with van der Waals surface area (Å²) in [5, 5.41) is 3.96. The third kappa shape index (κ3) is 8.10. The number of rotatable bonds is 12. The second-order valence-electron chi connectivity index (χ2n) is 4.92. The Morgan fingerprint density at radius 1 is 1.24 bits per heavy atom. The molecule has 118 valence electrons. The van der Waals surface area contributed by atoms with Gasteiger partial charge >= 0.3 is 0 Å². The van der Waals surface area contributed by atoms with E-state index in [0.29, 0.717) is 18.2 Å². The summed E-state index contributed by atoms with van der Waals surface area (Å²) in [6.45, 7) is 6.75. The molecule has 0 radical (unpaired) electrons. The number of nitrogens with one attached hydrogen (secondary N) is 1. The van der Waals surface area contributed by atoms with Crippen molar-refractivity contribution in [2.24, 2.45) is 0 Å². The summed E-state index contributed by atoms with van der Waals surface area (Å²) >= 11 is 6.24. The molecule has 4 heteroatoms. The fraction of sp³-hybridized carbons (Fsp3) is 0.529. The number of unbranched alkanes of at least 4 members (excludes halogenated alkanes) is 3. The predicted octanol–water partition coefficient (Wildman–Crippen LogP) is 4.20. The highest BCUT2D eigenvalue weighted by Crippen LogP contribution is 2.25. The second kappa shape index (κ2) is 11.6. The first kappa shape index (κ1) is 18.0. The van der Waals surface area contributed by atoms with E-state index in [-0.39, 0.29) is 0 Å². The van der Waals surface area contributed by atoms with Crippen LogP contribution in [0.4, 0.5) is 0 Å². The summed E-state index contributed by atoms with van der Waals surface area (Å²) in [4.78, 5) is 0. The summed E-state index contributed by atoms with van der Waals surface area (Å²) < 4.78 is 10.7. The van der Waals surface area contributed by atoms with E-state index in [0.717, 1.165) is 43.7 Å². The average Bonchev–Trinajstić information content (AvgIpc) is 2.49. The van der Waals surface area contributed by atoms with E-state index in [9.17, 15) is 0 Å². The molecule has 0 aliphatic carbocycles. The van der Waals surface area contributed by atoms with Crippen LogP contribution in [0.15, 0.2) is 30.9 Å². The molecule has 0 bridgehead atoms. The van der Waals surface area contributed by atoms with Gasteiger partial charge in [-0.25, -0.2) is 0 Å². The lowest BCUT2D eigenvalue weighted by Crippen LogP contribution is -2.18. The highest BCUT2D eigenvalue weighted by atomic mass is 35.5. The third-order valence-corrected chi connectivity index (χ3v) is 3.41. The van der Waals surface area contributed by atoms with Gasteiger partial charge in [0.05, 0.1) is 18.2 Å². The van der Waals surface area contributed by atoms with Crippen molar-refractivity contribution in [3.8, 4) is 5.75 Å². The molecular formula is C17H26ClNO2. The van der Waals surface area contributed by atoms with Crippen molar-refractivity contribution < 1.29 is 9.47 Å². The highest BCUT2D eigenvalue weighted by Gasteiger charge is 2.03. The van der Waals surface area contributed by atoms with Crippen LogP contribution in [0.5, 0.6) is 5.75 Å². The molecule has 0 unspecified atom stereocenters. The van der Waals surface area contributed by atoms with Crippen LogP contribution < -0.4 is 10.1 Å². The van der Waals surface area contributed by atoms with E-state index < -0.39 is 0 Å². The van der Waals surface area contributed by atoms with Gasteiger partial charge in [-0.3, -0.25) is 0 Å². The fourth-order valence-corrected chi connectivity index (χ4v) is 2.19. The maximum atomic E-state index is 6.24. The molecule has 0 aliphatic heterocycles. The fourth-order valence-electron chi connectivity index (χ4n) is 1.93. The van der Waals surface area contributed by atoms with Crippen LogP contribution in [0, 0.1) is 0 Å². The molecular weight excluding hydrogens is 286 g/mol. The average molecular weight is 312 g/mol. The minimum Gasteiger partial charge on any atom is -0.492 e. The Balaban J connectivity index is 2.27. The van der Waals surface area contributed by atoms with Gasteiger partial charge in [-0.15, -0.1) is 6.58 Å². The van der Waals surface area contributed by atoms with Crippen LogP contribution in [-0.4, -0.2) is 26.9 Å². The van der Waals surface area contributed by atoms with Gasteiger partial charge in [0.15, 0.2) is 0 Å². The van der Waals surface area contributed by atoms with Crippen LogP contribution in [0.2, 0.25) is 5.02 Å². The van der Waals surface area contributed by atoms with E-state index in [1.807, 2.05) is 24.3 Å². The number of hydrogen-bond donors (Lipinski definition) is 1. The lowest BCUT2D eigenvalue weighted by atomic mass is 10.2. The Morgan fingerprint density at radius 3 is 2.81 bits per heavy atom. The molecule has 0 saturated heterocycles. The number of hydrogen-bond acceptors (Lipinski definition) is 3. The minimum absolute atomic E-state index is 0.673. The smallest absolute Gasteiger partial charge is 0.137 e. The van der Waals surface area contributed by atoms with Crippen LogP contribution in [0.25, 0.3) is 0 Å². The van der Waals surface area contributed by atoms with E-state index in [1.165, 1.54) is 6.42 Å². The number of ether oxygens (including phenoxy) is 2. The summed E-state index contributed by atoms with van der Waals surface area (Å²) in [5.41, 5.74) is 1.15. The van der Waals surface area contributed by atoms with Gasteiger partial charge < -0.3 is 14.8 Å². The third-order valence-electron chi connectivity index (χ3n) is 3.12. The number of methoxy groups -OCH3 is 1. The first-order chi connectivity index (χ1) is 10.3. The van der Waals surface area contributed by atoms with E-state index >= 15 is 0 Å². The molecule has 0 amide bonds. The Labute approximate surface area is 133 Å². The summed E-state index contributed by atoms with van der Waals surface area (Å²) in [5.74, 6) is 0.765. The molecule has 1 aromatic carbocycles. The van der Waals surface area contributed by atoms with Gasteiger partial charge in [0.2, 0.25) is 0 Å². The van der Waals surface area contributed by atoms with E-state index in [2.05, 4.69) is 11.9 Å². The van der Waals surface area contributed by atoms with Gasteiger partial charge in [-0.05, 0) is 43.4 Å². The van der Waals surface area contributed by atoms with Crippen LogP contribution in [0.1, 0.15) is 31.2 Å². The zero-order chi connectivity index (χ0) is 15.3. The number of halogens is 1. The molecule has 1 aromatic rings. The first-order valence-corrected chi connectivity index (χ1v) is 7.87. The van der Waals surface area contributed by atoms with Crippen LogP contribution in [-0.2, 0) is 11.3 Å². The van der Waals surface area contributed by atoms with Crippen molar-refractivity contribution in [1.82, 2.24) is 5.32 Å². The predicted molar refractivity (Wildman–Crippen MR) is 89.2 cm³/mol. The second-order valence-corrected chi connectivity index (χ2v) is 5.33. The highest BCUT2D eigenvalue weighted by molar-refractivity contribution is 6.32. The first-order valence-electron chi connectivity index (χ1n) is 7.49.